The molecule has 9 nitrogen and oxygen atoms in total. The summed E-state index contributed by atoms with van der Waals surface area (Å²) < 4.78 is 27.4. The fourth-order valence-corrected chi connectivity index (χ4v) is 10.7. The predicted octanol–water partition coefficient (Wildman–Crippen LogP) is 4.82. The Morgan fingerprint density at radius 3 is 2.08 bits per heavy atom. The number of aromatic amines is 1. The van der Waals surface area contributed by atoms with Gasteiger partial charge in [0.2, 0.25) is 0 Å². The number of methoxy groups -OCH3 is 2. The number of nitrogens with zero attached hydrogens (tertiary/aromatic N) is 1. The number of benzene rings is 2. The summed E-state index contributed by atoms with van der Waals surface area (Å²) in [6.07, 6.45) is 6.66. The van der Waals surface area contributed by atoms with Gasteiger partial charge in [-0.25, -0.2) is 0 Å². The van der Waals surface area contributed by atoms with Gasteiger partial charge in [0.1, 0.15) is 0 Å². The zero-order chi connectivity index (χ0) is 35.0. The summed E-state index contributed by atoms with van der Waals surface area (Å²) in [7, 11) is 0.645. The van der Waals surface area contributed by atoms with E-state index in [4.69, 9.17) is 18.9 Å². The molecule has 5 rings (SSSR count). The summed E-state index contributed by atoms with van der Waals surface area (Å²) in [4.78, 5) is 28.1. The molecule has 0 spiro atoms. The predicted molar refractivity (Wildman–Crippen MR) is 191 cm³/mol. The molecule has 3 atom stereocenters. The number of H-pyrrole nitrogens is 1. The van der Waals surface area contributed by atoms with E-state index in [2.05, 4.69) is 44.9 Å². The topological polar surface area (TPSA) is 112 Å². The van der Waals surface area contributed by atoms with Crippen molar-refractivity contribution in [3.63, 3.8) is 0 Å². The van der Waals surface area contributed by atoms with Gasteiger partial charge in [-0.05, 0) is 0 Å². The Kier molecular flexibility index (Phi) is 10.5. The van der Waals surface area contributed by atoms with E-state index in [0.717, 1.165) is 16.7 Å². The molecule has 2 heterocycles. The fraction of sp³-hybridized carbons (Fsp3) is 0.459. The Bertz CT molecular complexity index is 1720. The molecule has 0 bridgehead atoms. The van der Waals surface area contributed by atoms with Crippen LogP contribution in [0.4, 0.5) is 0 Å². The SMILES string of the molecule is COC1(OC)C=CC(C(OC[C@H]2O[C@@H](n3cc([Se]C)c(=O)[nH]c3=O)C[C@@]2(O)[Si](C)(C)C(C)(C)C)(c2ccccc2)c2ccccc2)=CC1. The van der Waals surface area contributed by atoms with E-state index >= 15 is 0 Å². The van der Waals surface area contributed by atoms with Crippen LogP contribution >= 0.6 is 0 Å². The molecule has 2 aliphatic rings. The van der Waals surface area contributed by atoms with Gasteiger partial charge in [-0.3, -0.25) is 0 Å². The van der Waals surface area contributed by atoms with E-state index in [1.807, 2.05) is 78.6 Å². The molecule has 0 saturated carbocycles. The summed E-state index contributed by atoms with van der Waals surface area (Å²) >= 11 is -0.144. The monoisotopic (exact) mass is 740 g/mol. The van der Waals surface area contributed by atoms with Gasteiger partial charge in [0.25, 0.3) is 0 Å². The number of hydrogen-bond donors (Lipinski definition) is 2. The summed E-state index contributed by atoms with van der Waals surface area (Å²) in [5.74, 6) is 1.03. The molecule has 11 heteroatoms. The maximum atomic E-state index is 13.2. The molecule has 1 saturated heterocycles. The van der Waals surface area contributed by atoms with Crippen molar-refractivity contribution in [3.05, 3.63) is 123 Å². The number of rotatable bonds is 11. The van der Waals surface area contributed by atoms with Crippen molar-refractivity contribution < 1.29 is 24.1 Å². The van der Waals surface area contributed by atoms with Gasteiger partial charge in [-0.1, -0.05) is 12.1 Å². The van der Waals surface area contributed by atoms with Crippen LogP contribution in [0.5, 0.6) is 0 Å². The van der Waals surface area contributed by atoms with Crippen molar-refractivity contribution >= 4 is 27.5 Å². The molecule has 3 aromatic rings. The molecule has 1 aliphatic heterocycles. The van der Waals surface area contributed by atoms with E-state index < -0.39 is 42.7 Å². The number of hydrogen-bond acceptors (Lipinski definition) is 7. The van der Waals surface area contributed by atoms with Crippen LogP contribution in [0.3, 0.4) is 0 Å². The van der Waals surface area contributed by atoms with Crippen LogP contribution in [0.15, 0.2) is 100 Å². The molecule has 1 fully saturated rings. The third-order valence-electron chi connectivity index (χ3n) is 10.8. The second-order valence-electron chi connectivity index (χ2n) is 14.1. The molecule has 0 amide bonds. The molecule has 258 valence electrons. The quantitative estimate of drug-likeness (QED) is 0.215. The van der Waals surface area contributed by atoms with Crippen LogP contribution in [0.1, 0.15) is 51.0 Å². The minimum absolute atomic E-state index is 0.0247. The summed E-state index contributed by atoms with van der Waals surface area (Å²) in [6.45, 7) is 10.8. The molecule has 1 aromatic heterocycles. The van der Waals surface area contributed by atoms with Crippen LogP contribution in [-0.2, 0) is 24.5 Å². The fourth-order valence-electron chi connectivity index (χ4n) is 6.77. The van der Waals surface area contributed by atoms with Crippen LogP contribution in [0, 0.1) is 0 Å². The number of nitrogens with one attached hydrogen (secondary N) is 1. The Labute approximate surface area is 290 Å². The first kappa shape index (κ1) is 36.4. The van der Waals surface area contributed by atoms with Crippen LogP contribution in [-0.4, -0.2) is 75.6 Å². The van der Waals surface area contributed by atoms with E-state index in [1.54, 1.807) is 20.4 Å². The zero-order valence-corrected chi connectivity index (χ0v) is 31.8. The third kappa shape index (κ3) is 6.31. The van der Waals surface area contributed by atoms with Gasteiger partial charge in [-0.2, -0.15) is 0 Å². The number of aliphatic hydroxyl groups is 1. The van der Waals surface area contributed by atoms with Crippen molar-refractivity contribution in [2.45, 2.75) is 86.5 Å². The van der Waals surface area contributed by atoms with E-state index in [1.165, 1.54) is 4.57 Å². The van der Waals surface area contributed by atoms with Gasteiger partial charge >= 0.3 is 249 Å². The van der Waals surface area contributed by atoms with Crippen LogP contribution in [0.25, 0.3) is 0 Å². The average Bonchev–Trinajstić information content (AvgIpc) is 3.43. The van der Waals surface area contributed by atoms with Gasteiger partial charge in [0, 0.05) is 14.2 Å². The Balaban J connectivity index is 1.64. The first-order valence-electron chi connectivity index (χ1n) is 16.2. The second kappa shape index (κ2) is 13.8. The summed E-state index contributed by atoms with van der Waals surface area (Å²) in [6, 6.07) is 20.1. The van der Waals surface area contributed by atoms with E-state index in [0.29, 0.717) is 10.9 Å². The van der Waals surface area contributed by atoms with Crippen molar-refractivity contribution in [1.82, 2.24) is 9.55 Å². The summed E-state index contributed by atoms with van der Waals surface area (Å²) in [5, 5.41) is 11.4. The number of ether oxygens (including phenoxy) is 4. The van der Waals surface area contributed by atoms with Crippen molar-refractivity contribution in [2.24, 2.45) is 0 Å². The van der Waals surface area contributed by atoms with Gasteiger partial charge in [0.05, 0.1) is 0 Å². The summed E-state index contributed by atoms with van der Waals surface area (Å²) in [5.41, 5.74) is 0.679. The van der Waals surface area contributed by atoms with Gasteiger partial charge in [-0.15, -0.1) is 0 Å². The Morgan fingerprint density at radius 2 is 1.60 bits per heavy atom. The van der Waals surface area contributed by atoms with Crippen LogP contribution < -0.4 is 15.7 Å². The first-order valence-corrected chi connectivity index (χ1v) is 21.8. The minimum atomic E-state index is -2.60. The Morgan fingerprint density at radius 1 is 1.02 bits per heavy atom. The van der Waals surface area contributed by atoms with Crippen molar-refractivity contribution in [3.8, 4) is 0 Å². The Hall–Kier alpha value is -2.86. The van der Waals surface area contributed by atoms with Gasteiger partial charge in [0.15, 0.2) is 5.79 Å². The standard InChI is InChI=1S/C37H48N2O7SeSi/c1-34(2,3)48(7,8)36(42)23-31(39-24-29(47-6)32(40)38-33(39)41)46-30(36)25-45-37(26-15-11-9-12-16-26,27-17-13-10-14-18-27)28-19-21-35(43-4,44-5)22-20-28/h9-21,24,30-31,42H,22-23,25H2,1-8H3,(H,38,40,41)/t30-,31-,36-/m1/s1. The second-order valence-corrected chi connectivity index (χ2v) is 21.5. The molecule has 2 N–H and O–H groups in total. The van der Waals surface area contributed by atoms with Gasteiger partial charge < -0.3 is 9.47 Å². The number of aromatic nitrogens is 2. The molecular formula is C37H48N2O7SeSi. The normalized spacial score (nSPS) is 22.9. The van der Waals surface area contributed by atoms with E-state index in [9.17, 15) is 14.7 Å². The third-order valence-corrected chi connectivity index (χ3v) is 18.8. The molecule has 2 aromatic carbocycles. The maximum absolute atomic E-state index is 13.2. The first-order chi connectivity index (χ1) is 22.7. The molecule has 0 unspecified atom stereocenters. The zero-order valence-electron chi connectivity index (χ0n) is 29.1. The molecule has 0 radical (unpaired) electrons. The molecular weight excluding hydrogens is 691 g/mol. The van der Waals surface area contributed by atoms with Crippen LogP contribution in [0.2, 0.25) is 24.0 Å². The average molecular weight is 740 g/mol. The molecule has 48 heavy (non-hydrogen) atoms. The van der Waals surface area contributed by atoms with Crippen molar-refractivity contribution in [2.75, 3.05) is 20.8 Å². The van der Waals surface area contributed by atoms with E-state index in [-0.39, 0.29) is 38.6 Å². The van der Waals surface area contributed by atoms with Crippen molar-refractivity contribution in [1.29, 1.82) is 0 Å². The molecule has 1 aliphatic carbocycles.